The summed E-state index contributed by atoms with van der Waals surface area (Å²) < 4.78 is 26.3. The van der Waals surface area contributed by atoms with Crippen LogP contribution in [0.15, 0.2) is 29.4 Å². The van der Waals surface area contributed by atoms with Crippen LogP contribution in [0.4, 0.5) is 8.78 Å². The van der Waals surface area contributed by atoms with Gasteiger partial charge in [-0.05, 0) is 37.5 Å². The molecule has 2 aromatic rings. The zero-order valence-electron chi connectivity index (χ0n) is 14.3. The summed E-state index contributed by atoms with van der Waals surface area (Å²) in [5.41, 5.74) is 0.614. The molecule has 0 aliphatic carbocycles. The van der Waals surface area contributed by atoms with Crippen molar-refractivity contribution in [3.63, 3.8) is 0 Å². The van der Waals surface area contributed by atoms with Crippen LogP contribution in [0.2, 0.25) is 0 Å². The molecule has 0 unspecified atom stereocenters. The van der Waals surface area contributed by atoms with E-state index in [9.17, 15) is 8.78 Å². The quantitative estimate of drug-likeness (QED) is 0.359. The minimum absolute atomic E-state index is 0. The van der Waals surface area contributed by atoms with E-state index in [0.29, 0.717) is 31.0 Å². The fraction of sp³-hybridized carbons (Fsp3) is 0.412. The minimum atomic E-state index is -0.555. The van der Waals surface area contributed by atoms with Crippen LogP contribution in [0.3, 0.4) is 0 Å². The monoisotopic (exact) mass is 480 g/mol. The molecule has 0 radical (unpaired) electrons. The Kier molecular flexibility index (Phi) is 9.88. The summed E-state index contributed by atoms with van der Waals surface area (Å²) in [4.78, 5) is 10.1. The third-order valence-electron chi connectivity index (χ3n) is 3.30. The summed E-state index contributed by atoms with van der Waals surface area (Å²) in [6.07, 6.45) is 3.37. The maximum atomic E-state index is 13.2. The van der Waals surface area contributed by atoms with E-state index in [2.05, 4.69) is 27.5 Å². The van der Waals surface area contributed by atoms with Crippen molar-refractivity contribution >= 4 is 41.3 Å². The van der Waals surface area contributed by atoms with Gasteiger partial charge in [-0.1, -0.05) is 6.92 Å². The third kappa shape index (κ3) is 7.64. The summed E-state index contributed by atoms with van der Waals surface area (Å²) in [7, 11) is 0. The smallest absolute Gasteiger partial charge is 0.191 e. The SMILES string of the molecule is CCNC(=NCc1ncc(CC)s1)NCCc1cc(F)cc(F)c1.I. The fourth-order valence-corrected chi connectivity index (χ4v) is 2.94. The van der Waals surface area contributed by atoms with Crippen LogP contribution >= 0.6 is 35.3 Å². The molecule has 1 aromatic heterocycles. The molecule has 1 heterocycles. The molecule has 0 aliphatic rings. The number of thiazole rings is 1. The lowest BCUT2D eigenvalue weighted by molar-refractivity contribution is 0.579. The Hall–Kier alpha value is -1.29. The standard InChI is InChI=1S/C17H22F2N4S.HI/c1-3-15-10-22-16(24-15)11-23-17(20-4-2)21-6-5-12-7-13(18)9-14(19)8-12;/h7-10H,3-6,11H2,1-2H3,(H2,20,21,23);1H. The number of aliphatic imine (C=N–C) groups is 1. The molecule has 138 valence electrons. The Labute approximate surface area is 168 Å². The topological polar surface area (TPSA) is 49.3 Å². The van der Waals surface area contributed by atoms with E-state index in [1.165, 1.54) is 17.0 Å². The van der Waals surface area contributed by atoms with Crippen molar-refractivity contribution in [1.29, 1.82) is 0 Å². The molecule has 25 heavy (non-hydrogen) atoms. The molecule has 0 saturated carbocycles. The molecular formula is C17H23F2IN4S. The maximum absolute atomic E-state index is 13.2. The average Bonchev–Trinajstić information content (AvgIpc) is 3.00. The number of benzene rings is 1. The first-order chi connectivity index (χ1) is 11.6. The lowest BCUT2D eigenvalue weighted by Crippen LogP contribution is -2.38. The molecule has 0 aliphatic heterocycles. The minimum Gasteiger partial charge on any atom is -0.357 e. The van der Waals surface area contributed by atoms with E-state index in [1.807, 2.05) is 13.1 Å². The highest BCUT2D eigenvalue weighted by Gasteiger charge is 2.03. The van der Waals surface area contributed by atoms with Crippen molar-refractivity contribution in [1.82, 2.24) is 15.6 Å². The summed E-state index contributed by atoms with van der Waals surface area (Å²) in [5, 5.41) is 7.29. The van der Waals surface area contributed by atoms with Gasteiger partial charge in [-0.3, -0.25) is 0 Å². The number of rotatable bonds is 7. The molecule has 0 atom stereocenters. The number of guanidine groups is 1. The van der Waals surface area contributed by atoms with Gasteiger partial charge in [0.25, 0.3) is 0 Å². The van der Waals surface area contributed by atoms with Crippen LogP contribution in [-0.4, -0.2) is 24.0 Å². The Morgan fingerprint density at radius 2 is 1.88 bits per heavy atom. The zero-order chi connectivity index (χ0) is 17.4. The molecule has 1 aromatic carbocycles. The lowest BCUT2D eigenvalue weighted by Gasteiger charge is -2.11. The molecule has 0 amide bonds. The third-order valence-corrected chi connectivity index (χ3v) is 4.42. The van der Waals surface area contributed by atoms with E-state index in [-0.39, 0.29) is 24.0 Å². The highest BCUT2D eigenvalue weighted by atomic mass is 127. The van der Waals surface area contributed by atoms with Crippen molar-refractivity contribution in [2.24, 2.45) is 4.99 Å². The predicted molar refractivity (Wildman–Crippen MR) is 110 cm³/mol. The van der Waals surface area contributed by atoms with E-state index < -0.39 is 11.6 Å². The highest BCUT2D eigenvalue weighted by Crippen LogP contribution is 2.14. The molecule has 0 spiro atoms. The zero-order valence-corrected chi connectivity index (χ0v) is 17.5. The number of nitrogens with zero attached hydrogens (tertiary/aromatic N) is 2. The van der Waals surface area contributed by atoms with Crippen LogP contribution in [0.1, 0.15) is 29.3 Å². The number of aromatic nitrogens is 1. The van der Waals surface area contributed by atoms with Gasteiger partial charge in [0.15, 0.2) is 5.96 Å². The number of hydrogen-bond acceptors (Lipinski definition) is 3. The second kappa shape index (κ2) is 11.3. The molecule has 0 saturated heterocycles. The van der Waals surface area contributed by atoms with Gasteiger partial charge in [-0.25, -0.2) is 18.8 Å². The van der Waals surface area contributed by atoms with E-state index in [4.69, 9.17) is 0 Å². The van der Waals surface area contributed by atoms with E-state index in [1.54, 1.807) is 11.3 Å². The van der Waals surface area contributed by atoms with Crippen LogP contribution in [-0.2, 0) is 19.4 Å². The summed E-state index contributed by atoms with van der Waals surface area (Å²) in [6.45, 7) is 5.86. The molecule has 2 N–H and O–H groups in total. The van der Waals surface area contributed by atoms with Gasteiger partial charge in [0.2, 0.25) is 0 Å². The van der Waals surface area contributed by atoms with Gasteiger partial charge >= 0.3 is 0 Å². The lowest BCUT2D eigenvalue weighted by atomic mass is 10.1. The van der Waals surface area contributed by atoms with Gasteiger partial charge in [0.05, 0.1) is 6.54 Å². The van der Waals surface area contributed by atoms with Crippen LogP contribution in [0.25, 0.3) is 0 Å². The van der Waals surface area contributed by atoms with Gasteiger partial charge in [-0.15, -0.1) is 35.3 Å². The fourth-order valence-electron chi connectivity index (χ4n) is 2.15. The summed E-state index contributed by atoms with van der Waals surface area (Å²) in [5.74, 6) is -0.440. The molecule has 8 heteroatoms. The molecular weight excluding hydrogens is 457 g/mol. The predicted octanol–water partition coefficient (Wildman–Crippen LogP) is 3.90. The Balaban J connectivity index is 0.00000312. The summed E-state index contributed by atoms with van der Waals surface area (Å²) in [6, 6.07) is 3.56. The molecule has 2 rings (SSSR count). The normalized spacial score (nSPS) is 11.1. The number of nitrogens with one attached hydrogen (secondary N) is 2. The van der Waals surface area contributed by atoms with Crippen molar-refractivity contribution < 1.29 is 8.78 Å². The first kappa shape index (κ1) is 21.8. The van der Waals surface area contributed by atoms with E-state index >= 15 is 0 Å². The number of hydrogen-bond donors (Lipinski definition) is 2. The highest BCUT2D eigenvalue weighted by molar-refractivity contribution is 14.0. The van der Waals surface area contributed by atoms with E-state index in [0.717, 1.165) is 24.0 Å². The second-order valence-corrected chi connectivity index (χ2v) is 6.42. The van der Waals surface area contributed by atoms with Crippen molar-refractivity contribution in [2.75, 3.05) is 13.1 Å². The Morgan fingerprint density at radius 3 is 2.48 bits per heavy atom. The van der Waals surface area contributed by atoms with Gasteiger partial charge < -0.3 is 10.6 Å². The number of halogens is 3. The maximum Gasteiger partial charge on any atom is 0.191 e. The van der Waals surface area contributed by atoms with Crippen LogP contribution in [0.5, 0.6) is 0 Å². The largest absolute Gasteiger partial charge is 0.357 e. The van der Waals surface area contributed by atoms with Crippen molar-refractivity contribution in [2.45, 2.75) is 33.2 Å². The molecule has 4 nitrogen and oxygen atoms in total. The van der Waals surface area contributed by atoms with Crippen molar-refractivity contribution in [3.8, 4) is 0 Å². The van der Waals surface area contributed by atoms with Crippen molar-refractivity contribution in [3.05, 3.63) is 51.5 Å². The summed E-state index contributed by atoms with van der Waals surface area (Å²) >= 11 is 1.66. The Bertz CT molecular complexity index is 671. The van der Waals surface area contributed by atoms with Crippen LogP contribution in [0, 0.1) is 11.6 Å². The second-order valence-electron chi connectivity index (χ2n) is 5.22. The first-order valence-corrected chi connectivity index (χ1v) is 8.83. The molecule has 0 fully saturated rings. The molecule has 0 bridgehead atoms. The van der Waals surface area contributed by atoms with Crippen LogP contribution < -0.4 is 10.6 Å². The van der Waals surface area contributed by atoms with Gasteiger partial charge in [0.1, 0.15) is 16.6 Å². The average molecular weight is 480 g/mol. The first-order valence-electron chi connectivity index (χ1n) is 8.01. The van der Waals surface area contributed by atoms with Gasteiger partial charge in [-0.2, -0.15) is 0 Å². The van der Waals surface area contributed by atoms with Gasteiger partial charge in [0, 0.05) is 30.2 Å². The number of aryl methyl sites for hydroxylation is 1. The Morgan fingerprint density at radius 1 is 1.16 bits per heavy atom.